The van der Waals surface area contributed by atoms with Gasteiger partial charge >= 0.3 is 0 Å². The first-order valence-corrected chi connectivity index (χ1v) is 14.0. The van der Waals surface area contributed by atoms with Crippen LogP contribution in [0.25, 0.3) is 0 Å². The van der Waals surface area contributed by atoms with Gasteiger partial charge in [-0.25, -0.2) is 0 Å². The smallest absolute Gasteiger partial charge is 0.202 e. The molecule has 0 heterocycles. The molecule has 0 saturated carbocycles. The summed E-state index contributed by atoms with van der Waals surface area (Å²) in [6.45, 7) is 12.2. The Labute approximate surface area is 138 Å². The average molecular weight is 398 g/mol. The van der Waals surface area contributed by atoms with E-state index in [0.29, 0.717) is 29.5 Å². The van der Waals surface area contributed by atoms with Crippen molar-refractivity contribution in [2.45, 2.75) is 13.6 Å². The second kappa shape index (κ2) is 14.9. The van der Waals surface area contributed by atoms with Crippen LogP contribution in [0.5, 0.6) is 0 Å². The van der Waals surface area contributed by atoms with E-state index >= 15 is 0 Å². The summed E-state index contributed by atoms with van der Waals surface area (Å²) < 4.78 is 21.0. The predicted molar refractivity (Wildman–Crippen MR) is 112 cm³/mol. The summed E-state index contributed by atoms with van der Waals surface area (Å²) in [4.78, 5) is 0. The highest BCUT2D eigenvalue weighted by Gasteiger charge is 2.16. The van der Waals surface area contributed by atoms with E-state index in [9.17, 15) is 0 Å². The van der Waals surface area contributed by atoms with Crippen molar-refractivity contribution < 1.29 is 17.0 Å². The van der Waals surface area contributed by atoms with Gasteiger partial charge < -0.3 is 17.0 Å². The van der Waals surface area contributed by atoms with E-state index in [0.717, 1.165) is 0 Å². The van der Waals surface area contributed by atoms with Crippen LogP contribution < -0.4 is 0 Å². The molecule has 6 atom stereocenters. The zero-order valence-corrected chi connectivity index (χ0v) is 19.1. The van der Waals surface area contributed by atoms with Crippen molar-refractivity contribution >= 4 is 70.0 Å². The van der Waals surface area contributed by atoms with Crippen molar-refractivity contribution in [2.75, 3.05) is 37.7 Å². The first kappa shape index (κ1) is 24.6. The monoisotopic (exact) mass is 398 g/mol. The van der Waals surface area contributed by atoms with Crippen LogP contribution in [0.4, 0.5) is 0 Å². The highest BCUT2D eigenvalue weighted by atomic mass is 32.3. The lowest BCUT2D eigenvalue weighted by atomic mass is 10.2. The van der Waals surface area contributed by atoms with Crippen LogP contribution in [0.1, 0.15) is 0 Å². The highest BCUT2D eigenvalue weighted by molar-refractivity contribution is 8.49. The molecule has 0 N–H and O–H groups in total. The van der Waals surface area contributed by atoms with Crippen LogP contribution in [-0.4, -0.2) is 50.8 Å². The molecular formula is C8H28B2O4P4S2. The summed E-state index contributed by atoms with van der Waals surface area (Å²) in [5.74, 6) is 1.39. The number of rotatable bonds is 10. The minimum Gasteiger partial charge on any atom is -0.356 e. The summed E-state index contributed by atoms with van der Waals surface area (Å²) in [5, 5.41) is 0. The Morgan fingerprint density at radius 3 is 1.80 bits per heavy atom. The molecule has 0 fully saturated rings. The minimum absolute atomic E-state index is 0.542. The molecule has 122 valence electrons. The average Bonchev–Trinajstić information content (AvgIpc) is 2.46. The van der Waals surface area contributed by atoms with Gasteiger partial charge in [-0.05, 0) is 25.8 Å². The quantitative estimate of drug-likeness (QED) is 0.412. The molecule has 0 aliphatic carbocycles. The molecule has 4 nitrogen and oxygen atoms in total. The minimum atomic E-state index is -1.05. The van der Waals surface area contributed by atoms with Gasteiger partial charge in [0.25, 0.3) is 0 Å². The van der Waals surface area contributed by atoms with E-state index in [1.807, 2.05) is 27.0 Å². The molecule has 0 aromatic rings. The fourth-order valence-electron chi connectivity index (χ4n) is 0.793. The lowest BCUT2D eigenvalue weighted by Crippen LogP contribution is -2.08. The lowest BCUT2D eigenvalue weighted by molar-refractivity contribution is 0.441. The van der Waals surface area contributed by atoms with Crippen molar-refractivity contribution in [2.24, 2.45) is 0 Å². The molecule has 0 spiro atoms. The molecule has 2 radical (unpaired) electrons. The first-order valence-electron chi connectivity index (χ1n) is 5.81. The molecular weight excluding hydrogens is 370 g/mol. The van der Waals surface area contributed by atoms with Gasteiger partial charge in [0.15, 0.2) is 0 Å². The van der Waals surface area contributed by atoms with E-state index in [4.69, 9.17) is 17.0 Å². The summed E-state index contributed by atoms with van der Waals surface area (Å²) in [7, 11) is 3.54. The zero-order chi connectivity index (χ0) is 16.1. The van der Waals surface area contributed by atoms with Gasteiger partial charge in [0.05, 0.1) is 11.9 Å². The van der Waals surface area contributed by atoms with Gasteiger partial charge in [0, 0.05) is 36.5 Å². The van der Waals surface area contributed by atoms with Crippen molar-refractivity contribution in [3.8, 4) is 0 Å². The summed E-state index contributed by atoms with van der Waals surface area (Å²) in [5.41, 5.74) is 0. The van der Waals surface area contributed by atoms with Gasteiger partial charge in [-0.2, -0.15) is 20.3 Å². The topological polar surface area (TPSA) is 36.9 Å². The highest BCUT2D eigenvalue weighted by Crippen LogP contribution is 2.48. The molecule has 0 saturated heterocycles. The van der Waals surface area contributed by atoms with Crippen LogP contribution in [-0.2, 0) is 17.0 Å². The normalized spacial score (nSPS) is 20.8. The van der Waals surface area contributed by atoms with Gasteiger partial charge in [-0.1, -0.05) is 13.6 Å². The van der Waals surface area contributed by atoms with E-state index in [-0.39, 0.29) is 0 Å². The second-order valence-corrected chi connectivity index (χ2v) is 12.3. The summed E-state index contributed by atoms with van der Waals surface area (Å²) in [6.07, 6.45) is 4.16. The summed E-state index contributed by atoms with van der Waals surface area (Å²) >= 11 is 0. The van der Waals surface area contributed by atoms with Crippen LogP contribution in [0.15, 0.2) is 0 Å². The molecule has 20 heavy (non-hydrogen) atoms. The predicted octanol–water partition coefficient (Wildman–Crippen LogP) is 4.01. The fourth-order valence-corrected chi connectivity index (χ4v) is 6.32. The lowest BCUT2D eigenvalue weighted by Gasteiger charge is -2.32. The molecule has 6 unspecified atom stereocenters. The van der Waals surface area contributed by atoms with Crippen molar-refractivity contribution in [3.05, 3.63) is 0 Å². The largest absolute Gasteiger partial charge is 0.356 e. The first-order chi connectivity index (χ1) is 9.36. The molecule has 0 aliphatic rings. The Hall–Kier alpha value is 2.39. The third kappa shape index (κ3) is 12.9. The van der Waals surface area contributed by atoms with Gasteiger partial charge in [-0.15, -0.1) is 0 Å². The third-order valence-corrected chi connectivity index (χ3v) is 10.4. The molecule has 0 aromatic carbocycles. The number of hydrogen-bond donors (Lipinski definition) is 0. The number of hydrogen-bond acceptors (Lipinski definition) is 4. The molecule has 0 rings (SSSR count). The van der Waals surface area contributed by atoms with Crippen molar-refractivity contribution in [1.29, 1.82) is 0 Å². The van der Waals surface area contributed by atoms with Gasteiger partial charge in [-0.3, -0.25) is 0 Å². The van der Waals surface area contributed by atoms with E-state index < -0.39 is 20.3 Å². The van der Waals surface area contributed by atoms with E-state index in [1.54, 1.807) is 0 Å². The Kier molecular flexibility index (Phi) is 18.4. The Morgan fingerprint density at radius 2 is 1.50 bits per heavy atom. The maximum atomic E-state index is 5.54. The SMILES string of the molecule is C[B]S(C)(COP)OPC.C[B]S(C)(COPC)OP. The Bertz CT molecular complexity index is 225. The van der Waals surface area contributed by atoms with Crippen LogP contribution in [0.2, 0.25) is 13.6 Å². The third-order valence-electron chi connectivity index (χ3n) is 2.23. The van der Waals surface area contributed by atoms with Gasteiger partial charge in [0.2, 0.25) is 13.1 Å². The second-order valence-electron chi connectivity index (χ2n) is 3.75. The van der Waals surface area contributed by atoms with Crippen molar-refractivity contribution in [1.82, 2.24) is 0 Å². The van der Waals surface area contributed by atoms with Crippen molar-refractivity contribution in [3.63, 3.8) is 0 Å². The summed E-state index contributed by atoms with van der Waals surface area (Å²) in [6, 6.07) is 0. The maximum Gasteiger partial charge on any atom is 0.202 e. The van der Waals surface area contributed by atoms with Gasteiger partial charge in [0.1, 0.15) is 0 Å². The zero-order valence-electron chi connectivity index (χ0n) is 13.2. The molecule has 0 aliphatic heterocycles. The van der Waals surface area contributed by atoms with Crippen LogP contribution >= 0.6 is 56.9 Å². The molecule has 0 amide bonds. The van der Waals surface area contributed by atoms with E-state index in [2.05, 4.69) is 44.6 Å². The van der Waals surface area contributed by atoms with E-state index in [1.165, 1.54) is 0 Å². The fraction of sp³-hybridized carbons (Fsp3) is 1.00. The molecule has 0 bridgehead atoms. The Balaban J connectivity index is 0. The Morgan fingerprint density at radius 1 is 0.950 bits per heavy atom. The van der Waals surface area contributed by atoms with Crippen LogP contribution in [0, 0.1) is 0 Å². The maximum absolute atomic E-state index is 5.54. The van der Waals surface area contributed by atoms with Crippen LogP contribution in [0.3, 0.4) is 0 Å². The standard InChI is InChI=1S/2C4H14BO2P2S/c1-5-10(3,7-8)4-6-9-2;1-5-10(3,4-6-8)7-9-2/h2*9H,4,8H2,1-3H3. The molecule has 12 heteroatoms. The molecule has 0 aromatic heterocycles.